The number of nitrogens with zero attached hydrogens (tertiary/aromatic N) is 4. The summed E-state index contributed by atoms with van der Waals surface area (Å²) in [6.07, 6.45) is 0.617. The van der Waals surface area contributed by atoms with Crippen LogP contribution in [0.5, 0.6) is 0 Å². The van der Waals surface area contributed by atoms with Crippen molar-refractivity contribution >= 4 is 23.4 Å². The van der Waals surface area contributed by atoms with E-state index in [1.165, 1.54) is 22.3 Å². The van der Waals surface area contributed by atoms with Crippen LogP contribution in [0.1, 0.15) is 20.3 Å². The Morgan fingerprint density at radius 2 is 2.04 bits per heavy atom. The van der Waals surface area contributed by atoms with E-state index < -0.39 is 5.82 Å². The standard InChI is InChI=1S/C17H17FN4O2S/c1-3-13(17(23)24-4-2)25-15-10-9-14-19-20-16(22(14)21-15)11-7-5-6-8-12(11)18/h5-10,13H,3-4H2,1-2H3. The highest BCUT2D eigenvalue weighted by molar-refractivity contribution is 8.00. The van der Waals surface area contributed by atoms with Crippen LogP contribution in [0.3, 0.4) is 0 Å². The van der Waals surface area contributed by atoms with Gasteiger partial charge in [-0.05, 0) is 37.6 Å². The minimum atomic E-state index is -0.394. The summed E-state index contributed by atoms with van der Waals surface area (Å²) in [5.74, 6) is -0.343. The number of carbonyl (C=O) groups is 1. The van der Waals surface area contributed by atoms with Crippen molar-refractivity contribution in [1.29, 1.82) is 0 Å². The Kier molecular flexibility index (Phi) is 5.28. The van der Waals surface area contributed by atoms with Gasteiger partial charge >= 0.3 is 5.97 Å². The molecule has 0 bridgehead atoms. The van der Waals surface area contributed by atoms with Crippen LogP contribution in [0, 0.1) is 5.82 Å². The third-order valence-electron chi connectivity index (χ3n) is 3.54. The van der Waals surface area contributed by atoms with Gasteiger partial charge < -0.3 is 4.74 Å². The van der Waals surface area contributed by atoms with Crippen LogP contribution in [0.2, 0.25) is 0 Å². The zero-order valence-corrected chi connectivity index (χ0v) is 14.7. The smallest absolute Gasteiger partial charge is 0.319 e. The van der Waals surface area contributed by atoms with Gasteiger partial charge in [-0.1, -0.05) is 30.8 Å². The second-order valence-corrected chi connectivity index (χ2v) is 6.43. The van der Waals surface area contributed by atoms with Gasteiger partial charge in [-0.2, -0.15) is 9.61 Å². The first-order valence-electron chi connectivity index (χ1n) is 7.94. The summed E-state index contributed by atoms with van der Waals surface area (Å²) < 4.78 is 20.6. The van der Waals surface area contributed by atoms with Crippen molar-refractivity contribution in [3.05, 3.63) is 42.2 Å². The van der Waals surface area contributed by atoms with Crippen LogP contribution in [0.4, 0.5) is 4.39 Å². The maximum atomic E-state index is 14.1. The Morgan fingerprint density at radius 1 is 1.24 bits per heavy atom. The summed E-state index contributed by atoms with van der Waals surface area (Å²) in [7, 11) is 0. The average molecular weight is 360 g/mol. The second-order valence-electron chi connectivity index (χ2n) is 5.21. The summed E-state index contributed by atoms with van der Waals surface area (Å²) in [6, 6.07) is 9.84. The maximum Gasteiger partial charge on any atom is 0.319 e. The maximum absolute atomic E-state index is 14.1. The third-order valence-corrected chi connectivity index (χ3v) is 4.81. The molecule has 3 rings (SSSR count). The average Bonchev–Trinajstić information content (AvgIpc) is 3.03. The van der Waals surface area contributed by atoms with Crippen molar-refractivity contribution in [2.75, 3.05) is 6.61 Å². The molecule has 0 aliphatic rings. The molecule has 2 aromatic heterocycles. The SMILES string of the molecule is CCOC(=O)C(CC)Sc1ccc2nnc(-c3ccccc3F)n2n1. The number of rotatable bonds is 6. The molecule has 6 nitrogen and oxygen atoms in total. The normalized spacial score (nSPS) is 12.3. The molecule has 0 aliphatic heterocycles. The van der Waals surface area contributed by atoms with E-state index in [0.717, 1.165) is 0 Å². The number of hydrogen-bond donors (Lipinski definition) is 0. The largest absolute Gasteiger partial charge is 0.465 e. The highest BCUT2D eigenvalue weighted by atomic mass is 32.2. The molecule has 0 spiro atoms. The third kappa shape index (κ3) is 3.63. The van der Waals surface area contributed by atoms with Crippen molar-refractivity contribution in [2.24, 2.45) is 0 Å². The molecule has 0 amide bonds. The van der Waals surface area contributed by atoms with Crippen LogP contribution in [-0.2, 0) is 9.53 Å². The topological polar surface area (TPSA) is 69.4 Å². The molecule has 1 aromatic carbocycles. The minimum absolute atomic E-state index is 0.269. The Hall–Kier alpha value is -2.48. The van der Waals surface area contributed by atoms with Gasteiger partial charge in [0.2, 0.25) is 0 Å². The van der Waals surface area contributed by atoms with Gasteiger partial charge in [-0.3, -0.25) is 4.79 Å². The molecule has 1 unspecified atom stereocenters. The number of esters is 1. The van der Waals surface area contributed by atoms with Crippen LogP contribution in [-0.4, -0.2) is 37.6 Å². The molecule has 0 aliphatic carbocycles. The Balaban J connectivity index is 1.95. The van der Waals surface area contributed by atoms with Gasteiger partial charge in [0.05, 0.1) is 12.2 Å². The van der Waals surface area contributed by atoms with E-state index >= 15 is 0 Å². The molecule has 130 valence electrons. The Morgan fingerprint density at radius 3 is 2.76 bits per heavy atom. The fourth-order valence-electron chi connectivity index (χ4n) is 2.32. The van der Waals surface area contributed by atoms with Crippen LogP contribution < -0.4 is 0 Å². The van der Waals surface area contributed by atoms with Crippen LogP contribution in [0.15, 0.2) is 41.4 Å². The Bertz CT molecular complexity index is 899. The van der Waals surface area contributed by atoms with Gasteiger partial charge in [-0.15, -0.1) is 10.2 Å². The monoisotopic (exact) mass is 360 g/mol. The predicted octanol–water partition coefficient (Wildman–Crippen LogP) is 3.36. The molecule has 0 saturated carbocycles. The number of ether oxygens (including phenoxy) is 1. The number of fused-ring (bicyclic) bond motifs is 1. The quantitative estimate of drug-likeness (QED) is 0.496. The zero-order chi connectivity index (χ0) is 17.8. The number of hydrogen-bond acceptors (Lipinski definition) is 6. The molecular weight excluding hydrogens is 343 g/mol. The lowest BCUT2D eigenvalue weighted by Gasteiger charge is -2.12. The number of carbonyl (C=O) groups excluding carboxylic acids is 1. The molecule has 0 N–H and O–H groups in total. The van der Waals surface area contributed by atoms with Gasteiger partial charge in [0.1, 0.15) is 16.1 Å². The predicted molar refractivity (Wildman–Crippen MR) is 92.7 cm³/mol. The molecule has 1 atom stereocenters. The highest BCUT2D eigenvalue weighted by Crippen LogP contribution is 2.26. The summed E-state index contributed by atoms with van der Waals surface area (Å²) in [4.78, 5) is 12.0. The highest BCUT2D eigenvalue weighted by Gasteiger charge is 2.21. The van der Waals surface area contributed by atoms with E-state index in [1.807, 2.05) is 6.92 Å². The summed E-state index contributed by atoms with van der Waals surface area (Å²) >= 11 is 1.31. The Labute approximate surface area is 148 Å². The number of aromatic nitrogens is 4. The van der Waals surface area contributed by atoms with Gasteiger partial charge in [0.25, 0.3) is 0 Å². The van der Waals surface area contributed by atoms with Crippen LogP contribution >= 0.6 is 11.8 Å². The van der Waals surface area contributed by atoms with E-state index in [9.17, 15) is 9.18 Å². The zero-order valence-electron chi connectivity index (χ0n) is 13.8. The first-order valence-corrected chi connectivity index (χ1v) is 8.82. The van der Waals surface area contributed by atoms with E-state index in [0.29, 0.717) is 35.1 Å². The fourth-order valence-corrected chi connectivity index (χ4v) is 3.22. The van der Waals surface area contributed by atoms with Crippen molar-refractivity contribution in [3.8, 4) is 11.4 Å². The second kappa shape index (κ2) is 7.60. The van der Waals surface area contributed by atoms with E-state index in [-0.39, 0.29) is 11.2 Å². The molecule has 0 fully saturated rings. The summed E-state index contributed by atoms with van der Waals surface area (Å²) in [5.41, 5.74) is 0.828. The molecule has 2 heterocycles. The van der Waals surface area contributed by atoms with Crippen molar-refractivity contribution in [1.82, 2.24) is 19.8 Å². The number of halogens is 1. The molecule has 3 aromatic rings. The molecule has 8 heteroatoms. The molecular formula is C17H17FN4O2S. The fraction of sp³-hybridized carbons (Fsp3) is 0.294. The van der Waals surface area contributed by atoms with Crippen molar-refractivity contribution in [3.63, 3.8) is 0 Å². The summed E-state index contributed by atoms with van der Waals surface area (Å²) in [6.45, 7) is 4.03. The molecule has 0 saturated heterocycles. The van der Waals surface area contributed by atoms with Crippen LogP contribution in [0.25, 0.3) is 17.0 Å². The van der Waals surface area contributed by atoms with Crippen molar-refractivity contribution in [2.45, 2.75) is 30.5 Å². The van der Waals surface area contributed by atoms with E-state index in [1.54, 1.807) is 37.3 Å². The first kappa shape index (κ1) is 17.3. The van der Waals surface area contributed by atoms with Gasteiger partial charge in [0, 0.05) is 0 Å². The van der Waals surface area contributed by atoms with E-state index in [2.05, 4.69) is 15.3 Å². The minimum Gasteiger partial charge on any atom is -0.465 e. The van der Waals surface area contributed by atoms with E-state index in [4.69, 9.17) is 4.74 Å². The molecule has 0 radical (unpaired) electrons. The van der Waals surface area contributed by atoms with Crippen molar-refractivity contribution < 1.29 is 13.9 Å². The number of benzene rings is 1. The lowest BCUT2D eigenvalue weighted by Crippen LogP contribution is -2.19. The molecule has 25 heavy (non-hydrogen) atoms. The summed E-state index contributed by atoms with van der Waals surface area (Å²) in [5, 5.41) is 12.8. The first-order chi connectivity index (χ1) is 12.1. The lowest BCUT2D eigenvalue weighted by atomic mass is 10.2. The number of thioether (sulfide) groups is 1. The van der Waals surface area contributed by atoms with Gasteiger partial charge in [0.15, 0.2) is 11.5 Å². The van der Waals surface area contributed by atoms with Gasteiger partial charge in [-0.25, -0.2) is 4.39 Å². The lowest BCUT2D eigenvalue weighted by molar-refractivity contribution is -0.142.